The van der Waals surface area contributed by atoms with Crippen LogP contribution in [0.25, 0.3) is 6.08 Å². The molecule has 0 atom stereocenters. The molecule has 30 heavy (non-hydrogen) atoms. The Kier molecular flexibility index (Phi) is 7.69. The van der Waals surface area contributed by atoms with Gasteiger partial charge in [-0.1, -0.05) is 104 Å². The highest BCUT2D eigenvalue weighted by molar-refractivity contribution is 7.99. The number of hydrogen-bond acceptors (Lipinski definition) is 2. The van der Waals surface area contributed by atoms with Gasteiger partial charge in [-0.15, -0.1) is 0 Å². The minimum Gasteiger partial charge on any atom is -0.353 e. The fraction of sp³-hybridized carbons (Fsp3) is 0.286. The van der Waals surface area contributed by atoms with E-state index in [0.29, 0.717) is 0 Å². The molecule has 1 N–H and O–H groups in total. The molecule has 3 aromatic rings. The van der Waals surface area contributed by atoms with Crippen molar-refractivity contribution in [3.05, 3.63) is 90.0 Å². The molecule has 0 aromatic heterocycles. The molecule has 0 unspecified atom stereocenters. The Morgan fingerprint density at radius 1 is 0.667 bits per heavy atom. The highest BCUT2D eigenvalue weighted by atomic mass is 32.2. The van der Waals surface area contributed by atoms with Gasteiger partial charge in [0.2, 0.25) is 0 Å². The molecule has 0 spiro atoms. The standard InChI is InChI=1S/C28H31NS/c1(3-5-8-15-23-16-9-7-10-17-23)2-4-6-11-18-24-19-14-22-27-28(24)29-25-20-12-13-21-26(25)30-27/h7-10,12-17,19-22,29H,1-6,11,18H2. The summed E-state index contributed by atoms with van der Waals surface area (Å²) in [7, 11) is 0. The van der Waals surface area contributed by atoms with Crippen LogP contribution in [-0.2, 0) is 6.42 Å². The van der Waals surface area contributed by atoms with Crippen molar-refractivity contribution in [2.75, 3.05) is 5.32 Å². The number of nitrogens with one attached hydrogen (secondary N) is 1. The molecule has 4 rings (SSSR count). The Morgan fingerprint density at radius 3 is 2.30 bits per heavy atom. The Hall–Kier alpha value is -2.45. The first-order valence-corrected chi connectivity index (χ1v) is 12.1. The van der Waals surface area contributed by atoms with Crippen LogP contribution in [0, 0.1) is 0 Å². The SMILES string of the molecule is C(=Cc1ccccc1)CCCCCCCCc1cccc2c1Nc1ccccc1S2. The molecule has 0 aliphatic carbocycles. The predicted octanol–water partition coefficient (Wildman–Crippen LogP) is 8.88. The molecule has 0 amide bonds. The number of aryl methyl sites for hydroxylation is 1. The number of unbranched alkanes of at least 4 members (excludes halogenated alkanes) is 6. The van der Waals surface area contributed by atoms with Gasteiger partial charge in [-0.3, -0.25) is 0 Å². The lowest BCUT2D eigenvalue weighted by Crippen LogP contribution is -2.03. The molecular weight excluding hydrogens is 382 g/mol. The van der Waals surface area contributed by atoms with E-state index in [2.05, 4.69) is 90.3 Å². The Balaban J connectivity index is 1.13. The third-order valence-corrected chi connectivity index (χ3v) is 6.79. The van der Waals surface area contributed by atoms with Crippen LogP contribution in [0.3, 0.4) is 0 Å². The van der Waals surface area contributed by atoms with E-state index in [1.54, 1.807) is 0 Å². The molecule has 1 aliphatic rings. The molecular formula is C28H31NS. The predicted molar refractivity (Wildman–Crippen MR) is 132 cm³/mol. The highest BCUT2D eigenvalue weighted by Gasteiger charge is 2.17. The molecule has 3 aromatic carbocycles. The number of hydrogen-bond donors (Lipinski definition) is 1. The molecule has 0 saturated heterocycles. The topological polar surface area (TPSA) is 12.0 Å². The molecule has 1 heterocycles. The van der Waals surface area contributed by atoms with E-state index in [1.807, 2.05) is 11.8 Å². The van der Waals surface area contributed by atoms with Crippen LogP contribution >= 0.6 is 11.8 Å². The number of para-hydroxylation sites is 2. The van der Waals surface area contributed by atoms with Gasteiger partial charge in [-0.2, -0.15) is 0 Å². The maximum Gasteiger partial charge on any atom is 0.0558 e. The summed E-state index contributed by atoms with van der Waals surface area (Å²) in [5.74, 6) is 0. The first-order valence-electron chi connectivity index (χ1n) is 11.3. The lowest BCUT2D eigenvalue weighted by atomic mass is 10.0. The van der Waals surface area contributed by atoms with Gasteiger partial charge in [0, 0.05) is 9.79 Å². The fourth-order valence-corrected chi connectivity index (χ4v) is 5.04. The molecule has 1 nitrogen and oxygen atoms in total. The van der Waals surface area contributed by atoms with E-state index in [0.717, 1.165) is 0 Å². The Morgan fingerprint density at radius 2 is 1.40 bits per heavy atom. The first kappa shape index (κ1) is 20.8. The van der Waals surface area contributed by atoms with Crippen molar-refractivity contribution < 1.29 is 0 Å². The van der Waals surface area contributed by atoms with Crippen molar-refractivity contribution in [2.45, 2.75) is 61.2 Å². The van der Waals surface area contributed by atoms with Crippen LogP contribution in [-0.4, -0.2) is 0 Å². The number of fused-ring (bicyclic) bond motifs is 2. The van der Waals surface area contributed by atoms with Crippen LogP contribution in [0.5, 0.6) is 0 Å². The molecule has 154 valence electrons. The summed E-state index contributed by atoms with van der Waals surface area (Å²) in [6.07, 6.45) is 14.9. The Bertz CT molecular complexity index is 961. The van der Waals surface area contributed by atoms with E-state index in [1.165, 1.54) is 83.7 Å². The summed E-state index contributed by atoms with van der Waals surface area (Å²) >= 11 is 1.88. The third kappa shape index (κ3) is 5.79. The zero-order valence-corrected chi connectivity index (χ0v) is 18.5. The summed E-state index contributed by atoms with van der Waals surface area (Å²) in [6, 6.07) is 25.9. The van der Waals surface area contributed by atoms with Gasteiger partial charge < -0.3 is 5.32 Å². The number of allylic oxidation sites excluding steroid dienone is 1. The Labute approximate surface area is 185 Å². The number of anilines is 2. The average molecular weight is 414 g/mol. The van der Waals surface area contributed by atoms with Crippen molar-refractivity contribution >= 4 is 29.2 Å². The lowest BCUT2D eigenvalue weighted by molar-refractivity contribution is 0.597. The van der Waals surface area contributed by atoms with Crippen molar-refractivity contribution in [3.63, 3.8) is 0 Å². The summed E-state index contributed by atoms with van der Waals surface area (Å²) in [4.78, 5) is 2.68. The van der Waals surface area contributed by atoms with Crippen LogP contribution in [0.2, 0.25) is 0 Å². The second-order valence-corrected chi connectivity index (χ2v) is 9.07. The molecule has 0 radical (unpaired) electrons. The monoisotopic (exact) mass is 413 g/mol. The van der Waals surface area contributed by atoms with Gasteiger partial charge in [0.25, 0.3) is 0 Å². The van der Waals surface area contributed by atoms with E-state index in [4.69, 9.17) is 0 Å². The smallest absolute Gasteiger partial charge is 0.0558 e. The van der Waals surface area contributed by atoms with E-state index in [-0.39, 0.29) is 0 Å². The molecule has 0 fully saturated rings. The van der Waals surface area contributed by atoms with E-state index < -0.39 is 0 Å². The van der Waals surface area contributed by atoms with Crippen molar-refractivity contribution in [2.24, 2.45) is 0 Å². The molecule has 0 saturated carbocycles. The summed E-state index contributed by atoms with van der Waals surface area (Å²) in [6.45, 7) is 0. The van der Waals surface area contributed by atoms with Crippen molar-refractivity contribution in [3.8, 4) is 0 Å². The van der Waals surface area contributed by atoms with Gasteiger partial charge in [-0.05, 0) is 55.0 Å². The van der Waals surface area contributed by atoms with Crippen LogP contribution in [0.4, 0.5) is 11.4 Å². The third-order valence-electron chi connectivity index (χ3n) is 5.66. The average Bonchev–Trinajstić information content (AvgIpc) is 2.79. The van der Waals surface area contributed by atoms with Crippen LogP contribution in [0.1, 0.15) is 56.1 Å². The van der Waals surface area contributed by atoms with Gasteiger partial charge >= 0.3 is 0 Å². The zero-order chi connectivity index (χ0) is 20.4. The van der Waals surface area contributed by atoms with Crippen LogP contribution in [0.15, 0.2) is 88.7 Å². The quantitative estimate of drug-likeness (QED) is 0.260. The maximum atomic E-state index is 3.67. The van der Waals surface area contributed by atoms with Gasteiger partial charge in [-0.25, -0.2) is 0 Å². The van der Waals surface area contributed by atoms with Gasteiger partial charge in [0.05, 0.1) is 11.4 Å². The first-order chi connectivity index (χ1) is 14.9. The molecule has 1 aliphatic heterocycles. The maximum absolute atomic E-state index is 3.67. The zero-order valence-electron chi connectivity index (χ0n) is 17.6. The molecule has 0 bridgehead atoms. The second kappa shape index (κ2) is 11.1. The summed E-state index contributed by atoms with van der Waals surface area (Å²) in [5.41, 5.74) is 5.33. The number of rotatable bonds is 10. The summed E-state index contributed by atoms with van der Waals surface area (Å²) < 4.78 is 0. The largest absolute Gasteiger partial charge is 0.353 e. The van der Waals surface area contributed by atoms with Crippen molar-refractivity contribution in [1.82, 2.24) is 0 Å². The highest BCUT2D eigenvalue weighted by Crippen LogP contribution is 2.45. The van der Waals surface area contributed by atoms with Gasteiger partial charge in [0.1, 0.15) is 0 Å². The fourth-order valence-electron chi connectivity index (χ4n) is 3.99. The normalized spacial score (nSPS) is 12.4. The van der Waals surface area contributed by atoms with E-state index in [9.17, 15) is 0 Å². The van der Waals surface area contributed by atoms with E-state index >= 15 is 0 Å². The number of benzene rings is 3. The minimum atomic E-state index is 1.17. The second-order valence-electron chi connectivity index (χ2n) is 7.99. The molecule has 2 heteroatoms. The van der Waals surface area contributed by atoms with Crippen LogP contribution < -0.4 is 5.32 Å². The van der Waals surface area contributed by atoms with Gasteiger partial charge in [0.15, 0.2) is 0 Å². The minimum absolute atomic E-state index is 1.17. The lowest BCUT2D eigenvalue weighted by Gasteiger charge is -2.23. The summed E-state index contributed by atoms with van der Waals surface area (Å²) in [5, 5.41) is 3.67. The van der Waals surface area contributed by atoms with Crippen molar-refractivity contribution in [1.29, 1.82) is 0 Å².